The van der Waals surface area contributed by atoms with Crippen molar-refractivity contribution < 1.29 is 22.0 Å². The number of alkyl halides is 3. The first-order valence-corrected chi connectivity index (χ1v) is 7.09. The molecule has 122 valence electrons. The summed E-state index contributed by atoms with van der Waals surface area (Å²) < 4.78 is 67.7. The highest BCUT2D eigenvalue weighted by Crippen LogP contribution is 2.43. The Hall–Kier alpha value is -2.69. The third kappa shape index (κ3) is 3.02. The largest absolute Gasteiger partial charge is 0.417 e. The lowest BCUT2D eigenvalue weighted by molar-refractivity contribution is -0.137. The molecule has 0 bridgehead atoms. The van der Waals surface area contributed by atoms with Gasteiger partial charge >= 0.3 is 6.18 Å². The second-order valence-corrected chi connectivity index (χ2v) is 5.22. The van der Waals surface area contributed by atoms with Crippen LogP contribution >= 0.6 is 0 Å². The third-order valence-corrected chi connectivity index (χ3v) is 3.66. The molecule has 0 radical (unpaired) electrons. The minimum Gasteiger partial charge on any atom is -0.207 e. The fourth-order valence-electron chi connectivity index (χ4n) is 2.63. The van der Waals surface area contributed by atoms with E-state index in [9.17, 15) is 22.0 Å². The second-order valence-electron chi connectivity index (χ2n) is 5.22. The normalized spacial score (nSPS) is 11.5. The summed E-state index contributed by atoms with van der Waals surface area (Å²) in [5.41, 5.74) is -0.801. The molecule has 3 rings (SSSR count). The molecular formula is C19H11F5. The lowest BCUT2D eigenvalue weighted by Crippen LogP contribution is -2.08. The third-order valence-electron chi connectivity index (χ3n) is 3.66. The second kappa shape index (κ2) is 6.07. The molecular weight excluding hydrogens is 323 g/mol. The van der Waals surface area contributed by atoms with Crippen molar-refractivity contribution in [3.63, 3.8) is 0 Å². The molecule has 0 spiro atoms. The zero-order chi connectivity index (χ0) is 17.3. The first kappa shape index (κ1) is 16.2. The highest BCUT2D eigenvalue weighted by molar-refractivity contribution is 5.86. The predicted molar refractivity (Wildman–Crippen MR) is 82.2 cm³/mol. The number of hydrogen-bond acceptors (Lipinski definition) is 0. The standard InChI is InChI=1S/C19H11F5/c20-13-9-10-15(17(21)11-13)18-14(12-5-2-1-3-6-12)7-4-8-16(18)19(22,23)24/h1-11H. The first-order chi connectivity index (χ1) is 11.4. The number of rotatable bonds is 2. The van der Waals surface area contributed by atoms with Crippen LogP contribution in [0.5, 0.6) is 0 Å². The summed E-state index contributed by atoms with van der Waals surface area (Å²) in [4.78, 5) is 0. The summed E-state index contributed by atoms with van der Waals surface area (Å²) in [5, 5.41) is 0. The van der Waals surface area contributed by atoms with Crippen LogP contribution in [-0.4, -0.2) is 0 Å². The molecule has 0 fully saturated rings. The smallest absolute Gasteiger partial charge is 0.207 e. The van der Waals surface area contributed by atoms with E-state index in [1.807, 2.05) is 0 Å². The van der Waals surface area contributed by atoms with Crippen molar-refractivity contribution in [1.29, 1.82) is 0 Å². The molecule has 0 saturated heterocycles. The molecule has 5 heteroatoms. The fourth-order valence-corrected chi connectivity index (χ4v) is 2.63. The Balaban J connectivity index is 2.36. The molecule has 3 aromatic carbocycles. The van der Waals surface area contributed by atoms with Gasteiger partial charge in [0, 0.05) is 17.2 Å². The Labute approximate surface area is 135 Å². The highest BCUT2D eigenvalue weighted by atomic mass is 19.4. The topological polar surface area (TPSA) is 0 Å². The predicted octanol–water partition coefficient (Wildman–Crippen LogP) is 6.32. The summed E-state index contributed by atoms with van der Waals surface area (Å²) in [6, 6.07) is 14.6. The van der Waals surface area contributed by atoms with E-state index in [1.165, 1.54) is 12.1 Å². The molecule has 0 amide bonds. The van der Waals surface area contributed by atoms with Crippen molar-refractivity contribution in [2.45, 2.75) is 6.18 Å². The zero-order valence-electron chi connectivity index (χ0n) is 12.2. The lowest BCUT2D eigenvalue weighted by atomic mass is 9.90. The van der Waals surface area contributed by atoms with Gasteiger partial charge in [0.25, 0.3) is 0 Å². The van der Waals surface area contributed by atoms with Crippen LogP contribution in [0.15, 0.2) is 66.7 Å². The summed E-state index contributed by atoms with van der Waals surface area (Å²) >= 11 is 0. The average Bonchev–Trinajstić information content (AvgIpc) is 2.54. The van der Waals surface area contributed by atoms with Crippen LogP contribution in [0, 0.1) is 11.6 Å². The van der Waals surface area contributed by atoms with Gasteiger partial charge in [-0.2, -0.15) is 13.2 Å². The molecule has 0 nitrogen and oxygen atoms in total. The van der Waals surface area contributed by atoms with E-state index in [0.717, 1.165) is 18.2 Å². The fraction of sp³-hybridized carbons (Fsp3) is 0.0526. The maximum absolute atomic E-state index is 14.2. The van der Waals surface area contributed by atoms with Gasteiger partial charge in [-0.05, 0) is 29.3 Å². The van der Waals surface area contributed by atoms with E-state index < -0.39 is 23.4 Å². The van der Waals surface area contributed by atoms with Crippen LogP contribution in [0.4, 0.5) is 22.0 Å². The zero-order valence-corrected chi connectivity index (χ0v) is 12.2. The van der Waals surface area contributed by atoms with Crippen molar-refractivity contribution in [3.8, 4) is 22.3 Å². The highest BCUT2D eigenvalue weighted by Gasteiger charge is 2.35. The van der Waals surface area contributed by atoms with Gasteiger partial charge in [-0.25, -0.2) is 8.78 Å². The van der Waals surface area contributed by atoms with Crippen LogP contribution in [0.1, 0.15) is 5.56 Å². The van der Waals surface area contributed by atoms with Gasteiger partial charge in [0.15, 0.2) is 0 Å². The van der Waals surface area contributed by atoms with Crippen molar-refractivity contribution in [2.75, 3.05) is 0 Å². The minimum atomic E-state index is -4.67. The van der Waals surface area contributed by atoms with E-state index in [-0.39, 0.29) is 16.7 Å². The Kier molecular flexibility index (Phi) is 4.09. The van der Waals surface area contributed by atoms with Gasteiger partial charge < -0.3 is 0 Å². The number of hydrogen-bond donors (Lipinski definition) is 0. The SMILES string of the molecule is Fc1ccc(-c2c(-c3ccccc3)cccc2C(F)(F)F)c(F)c1. The maximum Gasteiger partial charge on any atom is 0.417 e. The Morgan fingerprint density at radius 1 is 0.667 bits per heavy atom. The van der Waals surface area contributed by atoms with Crippen molar-refractivity contribution in [3.05, 3.63) is 83.9 Å². The average molecular weight is 334 g/mol. The molecule has 0 aromatic heterocycles. The van der Waals surface area contributed by atoms with E-state index in [4.69, 9.17) is 0 Å². The Morgan fingerprint density at radius 3 is 2.00 bits per heavy atom. The monoisotopic (exact) mass is 334 g/mol. The lowest BCUT2D eigenvalue weighted by Gasteiger charge is -2.18. The van der Waals surface area contributed by atoms with E-state index >= 15 is 0 Å². The molecule has 0 N–H and O–H groups in total. The molecule has 0 aliphatic rings. The molecule has 0 aliphatic carbocycles. The summed E-state index contributed by atoms with van der Waals surface area (Å²) in [7, 11) is 0. The Morgan fingerprint density at radius 2 is 1.38 bits per heavy atom. The van der Waals surface area contributed by atoms with Gasteiger partial charge in [-0.15, -0.1) is 0 Å². The van der Waals surface area contributed by atoms with Gasteiger partial charge in [-0.1, -0.05) is 42.5 Å². The Bertz CT molecular complexity index is 867. The van der Waals surface area contributed by atoms with Crippen LogP contribution in [0.3, 0.4) is 0 Å². The molecule has 0 atom stereocenters. The molecule has 0 heterocycles. The van der Waals surface area contributed by atoms with Crippen molar-refractivity contribution in [1.82, 2.24) is 0 Å². The maximum atomic E-state index is 14.2. The summed E-state index contributed by atoms with van der Waals surface area (Å²) in [6.45, 7) is 0. The van der Waals surface area contributed by atoms with Crippen LogP contribution in [-0.2, 0) is 6.18 Å². The van der Waals surface area contributed by atoms with Gasteiger partial charge in [0.1, 0.15) is 11.6 Å². The van der Waals surface area contributed by atoms with Gasteiger partial charge in [0.05, 0.1) is 5.56 Å². The summed E-state index contributed by atoms with van der Waals surface area (Å²) in [6.07, 6.45) is -4.67. The van der Waals surface area contributed by atoms with Crippen LogP contribution < -0.4 is 0 Å². The van der Waals surface area contributed by atoms with Crippen molar-refractivity contribution in [2.24, 2.45) is 0 Å². The van der Waals surface area contributed by atoms with E-state index in [0.29, 0.717) is 11.6 Å². The molecule has 0 saturated carbocycles. The molecule has 0 unspecified atom stereocenters. The molecule has 24 heavy (non-hydrogen) atoms. The first-order valence-electron chi connectivity index (χ1n) is 7.09. The minimum absolute atomic E-state index is 0.232. The van der Waals surface area contributed by atoms with E-state index in [2.05, 4.69) is 0 Å². The van der Waals surface area contributed by atoms with E-state index in [1.54, 1.807) is 30.3 Å². The van der Waals surface area contributed by atoms with Crippen molar-refractivity contribution >= 4 is 0 Å². The summed E-state index contributed by atoms with van der Waals surface area (Å²) in [5.74, 6) is -1.88. The van der Waals surface area contributed by atoms with Crippen LogP contribution in [0.25, 0.3) is 22.3 Å². The van der Waals surface area contributed by atoms with Gasteiger partial charge in [-0.3, -0.25) is 0 Å². The molecule has 3 aromatic rings. The quantitative estimate of drug-likeness (QED) is 0.481. The number of halogens is 5. The molecule has 0 aliphatic heterocycles. The number of benzene rings is 3. The van der Waals surface area contributed by atoms with Crippen LogP contribution in [0.2, 0.25) is 0 Å². The van der Waals surface area contributed by atoms with Gasteiger partial charge in [0.2, 0.25) is 0 Å².